The molecule has 1 aromatic rings. The Balaban J connectivity index is 2.13. The second kappa shape index (κ2) is 7.42. The van der Waals surface area contributed by atoms with E-state index in [4.69, 9.17) is 4.74 Å². The van der Waals surface area contributed by atoms with Gasteiger partial charge in [0.25, 0.3) is 0 Å². The minimum Gasteiger partial charge on any atom is -0.393 e. The molecule has 1 rings (SSSR count). The molecule has 90 valence electrons. The molecule has 0 radical (unpaired) electrons. The summed E-state index contributed by atoms with van der Waals surface area (Å²) in [5.41, 5.74) is 1.28. The third-order valence-electron chi connectivity index (χ3n) is 2.51. The van der Waals surface area contributed by atoms with Gasteiger partial charge in [0, 0.05) is 6.61 Å². The number of hydrogen-bond acceptors (Lipinski definition) is 2. The van der Waals surface area contributed by atoms with E-state index in [2.05, 4.69) is 12.1 Å². The molecular weight excluding hydrogens is 200 g/mol. The molecule has 0 amide bonds. The highest BCUT2D eigenvalue weighted by atomic mass is 16.5. The van der Waals surface area contributed by atoms with Crippen molar-refractivity contribution >= 4 is 0 Å². The molecule has 0 bridgehead atoms. The molecule has 0 aliphatic carbocycles. The smallest absolute Gasteiger partial charge is 0.0565 e. The summed E-state index contributed by atoms with van der Waals surface area (Å²) in [6, 6.07) is 10.3. The monoisotopic (exact) mass is 222 g/mol. The lowest BCUT2D eigenvalue weighted by Gasteiger charge is -2.12. The molecule has 1 atom stereocenters. The van der Waals surface area contributed by atoms with Crippen LogP contribution in [-0.4, -0.2) is 23.9 Å². The number of ether oxygens (including phenoxy) is 1. The maximum Gasteiger partial charge on any atom is 0.0565 e. The predicted molar refractivity (Wildman–Crippen MR) is 66.5 cm³/mol. The quantitative estimate of drug-likeness (QED) is 0.768. The van der Waals surface area contributed by atoms with E-state index in [1.54, 1.807) is 0 Å². The van der Waals surface area contributed by atoms with Crippen LogP contribution in [0, 0.1) is 0 Å². The van der Waals surface area contributed by atoms with Gasteiger partial charge >= 0.3 is 0 Å². The van der Waals surface area contributed by atoms with Crippen molar-refractivity contribution in [2.75, 3.05) is 6.61 Å². The van der Waals surface area contributed by atoms with Gasteiger partial charge in [-0.2, -0.15) is 0 Å². The van der Waals surface area contributed by atoms with Crippen LogP contribution in [0.2, 0.25) is 0 Å². The van der Waals surface area contributed by atoms with Gasteiger partial charge in [-0.05, 0) is 38.7 Å². The molecule has 0 saturated carbocycles. The first-order valence-corrected chi connectivity index (χ1v) is 6.02. The van der Waals surface area contributed by atoms with E-state index in [0.717, 1.165) is 19.3 Å². The molecule has 0 aliphatic rings. The van der Waals surface area contributed by atoms with E-state index in [1.165, 1.54) is 5.56 Å². The van der Waals surface area contributed by atoms with Crippen molar-refractivity contribution in [2.45, 2.75) is 45.3 Å². The van der Waals surface area contributed by atoms with Gasteiger partial charge in [-0.1, -0.05) is 30.3 Å². The SMILES string of the molecule is CC(C)OCCC(O)CCc1ccccc1. The molecule has 0 heterocycles. The Morgan fingerprint density at radius 3 is 2.44 bits per heavy atom. The first-order chi connectivity index (χ1) is 7.68. The first-order valence-electron chi connectivity index (χ1n) is 6.02. The maximum absolute atomic E-state index is 9.74. The van der Waals surface area contributed by atoms with Crippen LogP contribution in [0.4, 0.5) is 0 Å². The lowest BCUT2D eigenvalue weighted by Crippen LogP contribution is -2.13. The van der Waals surface area contributed by atoms with Crippen LogP contribution < -0.4 is 0 Å². The Morgan fingerprint density at radius 2 is 1.81 bits per heavy atom. The fourth-order valence-corrected chi connectivity index (χ4v) is 1.56. The molecule has 0 saturated heterocycles. The fourth-order valence-electron chi connectivity index (χ4n) is 1.56. The highest BCUT2D eigenvalue weighted by molar-refractivity contribution is 5.14. The van der Waals surface area contributed by atoms with Gasteiger partial charge in [-0.3, -0.25) is 0 Å². The standard InChI is InChI=1S/C14H22O2/c1-12(2)16-11-10-14(15)9-8-13-6-4-3-5-7-13/h3-7,12,14-15H,8-11H2,1-2H3. The maximum atomic E-state index is 9.74. The number of benzene rings is 1. The summed E-state index contributed by atoms with van der Waals surface area (Å²) in [5, 5.41) is 9.74. The molecule has 0 fully saturated rings. The Hall–Kier alpha value is -0.860. The minimum absolute atomic E-state index is 0.251. The van der Waals surface area contributed by atoms with Crippen molar-refractivity contribution in [1.82, 2.24) is 0 Å². The van der Waals surface area contributed by atoms with Gasteiger partial charge in [-0.15, -0.1) is 0 Å². The second-order valence-corrected chi connectivity index (χ2v) is 4.39. The second-order valence-electron chi connectivity index (χ2n) is 4.39. The van der Waals surface area contributed by atoms with Crippen molar-refractivity contribution in [3.05, 3.63) is 35.9 Å². The number of aryl methyl sites for hydroxylation is 1. The Kier molecular flexibility index (Phi) is 6.12. The van der Waals surface area contributed by atoms with Gasteiger partial charge in [0.2, 0.25) is 0 Å². The van der Waals surface area contributed by atoms with E-state index in [9.17, 15) is 5.11 Å². The third-order valence-corrected chi connectivity index (χ3v) is 2.51. The summed E-state index contributed by atoms with van der Waals surface area (Å²) < 4.78 is 5.40. The molecule has 1 N–H and O–H groups in total. The highest BCUT2D eigenvalue weighted by Crippen LogP contribution is 2.07. The summed E-state index contributed by atoms with van der Waals surface area (Å²) in [4.78, 5) is 0. The van der Waals surface area contributed by atoms with Crippen LogP contribution in [0.3, 0.4) is 0 Å². The average Bonchev–Trinajstić information content (AvgIpc) is 2.27. The molecule has 1 unspecified atom stereocenters. The summed E-state index contributed by atoms with van der Waals surface area (Å²) >= 11 is 0. The Bertz CT molecular complexity index is 269. The lowest BCUT2D eigenvalue weighted by molar-refractivity contribution is 0.0448. The van der Waals surface area contributed by atoms with Crippen molar-refractivity contribution in [2.24, 2.45) is 0 Å². The molecule has 1 aromatic carbocycles. The zero-order chi connectivity index (χ0) is 11.8. The van der Waals surface area contributed by atoms with Crippen LogP contribution in [0.1, 0.15) is 32.3 Å². The first kappa shape index (κ1) is 13.2. The van der Waals surface area contributed by atoms with Crippen LogP contribution >= 0.6 is 0 Å². The number of hydrogen-bond donors (Lipinski definition) is 1. The van der Waals surface area contributed by atoms with Crippen LogP contribution in [0.15, 0.2) is 30.3 Å². The topological polar surface area (TPSA) is 29.5 Å². The molecule has 2 heteroatoms. The van der Waals surface area contributed by atoms with E-state index in [-0.39, 0.29) is 12.2 Å². The predicted octanol–water partition coefficient (Wildman–Crippen LogP) is 2.80. The zero-order valence-corrected chi connectivity index (χ0v) is 10.2. The van der Waals surface area contributed by atoms with Crippen LogP contribution in [0.5, 0.6) is 0 Å². The average molecular weight is 222 g/mol. The molecule has 16 heavy (non-hydrogen) atoms. The summed E-state index contributed by atoms with van der Waals surface area (Å²) in [6.45, 7) is 4.67. The number of rotatable bonds is 7. The molecule has 0 aliphatic heterocycles. The van der Waals surface area contributed by atoms with Gasteiger partial charge in [0.1, 0.15) is 0 Å². The van der Waals surface area contributed by atoms with Crippen molar-refractivity contribution in [3.8, 4) is 0 Å². The van der Waals surface area contributed by atoms with Gasteiger partial charge in [-0.25, -0.2) is 0 Å². The van der Waals surface area contributed by atoms with E-state index in [0.29, 0.717) is 6.61 Å². The van der Waals surface area contributed by atoms with Gasteiger partial charge in [0.05, 0.1) is 12.2 Å². The van der Waals surface area contributed by atoms with Crippen LogP contribution in [-0.2, 0) is 11.2 Å². The fraction of sp³-hybridized carbons (Fsp3) is 0.571. The highest BCUT2D eigenvalue weighted by Gasteiger charge is 2.05. The molecule has 0 spiro atoms. The van der Waals surface area contributed by atoms with E-state index >= 15 is 0 Å². The van der Waals surface area contributed by atoms with Gasteiger partial charge < -0.3 is 9.84 Å². The summed E-state index contributed by atoms with van der Waals surface area (Å²) in [7, 11) is 0. The Morgan fingerprint density at radius 1 is 1.12 bits per heavy atom. The molecule has 2 nitrogen and oxygen atoms in total. The normalized spacial score (nSPS) is 13.0. The van der Waals surface area contributed by atoms with Crippen molar-refractivity contribution < 1.29 is 9.84 Å². The van der Waals surface area contributed by atoms with E-state index in [1.807, 2.05) is 32.0 Å². The summed E-state index contributed by atoms with van der Waals surface area (Å²) in [5.74, 6) is 0. The van der Waals surface area contributed by atoms with Gasteiger partial charge in [0.15, 0.2) is 0 Å². The third kappa shape index (κ3) is 5.89. The zero-order valence-electron chi connectivity index (χ0n) is 10.2. The van der Waals surface area contributed by atoms with Crippen LogP contribution in [0.25, 0.3) is 0 Å². The van der Waals surface area contributed by atoms with Crippen molar-refractivity contribution in [3.63, 3.8) is 0 Å². The molecular formula is C14H22O2. The summed E-state index contributed by atoms with van der Waals surface area (Å²) in [6.07, 6.45) is 2.47. The van der Waals surface area contributed by atoms with E-state index < -0.39 is 0 Å². The minimum atomic E-state index is -0.251. The van der Waals surface area contributed by atoms with Crippen molar-refractivity contribution in [1.29, 1.82) is 0 Å². The Labute approximate surface area is 98.3 Å². The molecule has 0 aromatic heterocycles. The number of aliphatic hydroxyl groups is 1. The lowest BCUT2D eigenvalue weighted by atomic mass is 10.1. The largest absolute Gasteiger partial charge is 0.393 e. The number of aliphatic hydroxyl groups excluding tert-OH is 1.